The molecule has 1 saturated heterocycles. The molecule has 0 radical (unpaired) electrons. The number of hydrogen-bond donors (Lipinski definition) is 0. The zero-order valence-electron chi connectivity index (χ0n) is 9.82. The summed E-state index contributed by atoms with van der Waals surface area (Å²) in [5.41, 5.74) is 0. The van der Waals surface area contributed by atoms with E-state index in [-0.39, 0.29) is 12.1 Å². The summed E-state index contributed by atoms with van der Waals surface area (Å²) in [5, 5.41) is 0. The minimum Gasteiger partial charge on any atom is -0.461 e. The van der Waals surface area contributed by atoms with Crippen LogP contribution in [0.2, 0.25) is 0 Å². The first kappa shape index (κ1) is 11.9. The Hall–Kier alpha value is -0.610. The fourth-order valence-electron chi connectivity index (χ4n) is 2.35. The molecule has 4 heteroatoms. The van der Waals surface area contributed by atoms with Gasteiger partial charge in [-0.2, -0.15) is 0 Å². The normalized spacial score (nSPS) is 24.2. The molecule has 0 atom stereocenters. The lowest BCUT2D eigenvalue weighted by atomic mass is 9.98. The summed E-state index contributed by atoms with van der Waals surface area (Å²) in [6, 6.07) is 0. The summed E-state index contributed by atoms with van der Waals surface area (Å²) in [5.74, 6) is -0.0613. The fraction of sp³-hybridized carbons (Fsp3) is 0.917. The molecule has 1 saturated carbocycles. The first-order valence-corrected chi connectivity index (χ1v) is 6.34. The molecule has 16 heavy (non-hydrogen) atoms. The zero-order chi connectivity index (χ0) is 11.2. The summed E-state index contributed by atoms with van der Waals surface area (Å²) in [6.07, 6.45) is 5.98. The van der Waals surface area contributed by atoms with Gasteiger partial charge in [-0.1, -0.05) is 6.42 Å². The lowest BCUT2D eigenvalue weighted by Gasteiger charge is -2.27. The van der Waals surface area contributed by atoms with E-state index in [0.717, 1.165) is 39.1 Å². The Labute approximate surface area is 96.9 Å². The minimum atomic E-state index is -0.0613. The van der Waals surface area contributed by atoms with Crippen LogP contribution in [0.25, 0.3) is 0 Å². The average Bonchev–Trinajstić information content (AvgIpc) is 2.31. The van der Waals surface area contributed by atoms with Crippen molar-refractivity contribution in [1.29, 1.82) is 0 Å². The molecule has 0 N–H and O–H groups in total. The van der Waals surface area contributed by atoms with Gasteiger partial charge in [0, 0.05) is 13.1 Å². The van der Waals surface area contributed by atoms with Crippen LogP contribution >= 0.6 is 0 Å². The molecular formula is C12H21NO3. The molecular weight excluding hydrogens is 206 g/mol. The topological polar surface area (TPSA) is 38.8 Å². The highest BCUT2D eigenvalue weighted by Gasteiger charge is 2.20. The molecule has 2 fully saturated rings. The van der Waals surface area contributed by atoms with E-state index in [1.807, 2.05) is 0 Å². The number of morpholine rings is 1. The monoisotopic (exact) mass is 227 g/mol. The standard InChI is InChI=1S/C12H21NO3/c14-12(10-13-6-8-15-9-7-13)16-11-4-2-1-3-5-11/h11H,1-10H2. The van der Waals surface area contributed by atoms with Gasteiger partial charge in [0.1, 0.15) is 6.10 Å². The van der Waals surface area contributed by atoms with Crippen molar-refractivity contribution in [2.24, 2.45) is 0 Å². The second kappa shape index (κ2) is 6.21. The Morgan fingerprint density at radius 2 is 1.88 bits per heavy atom. The predicted molar refractivity (Wildman–Crippen MR) is 60.2 cm³/mol. The number of carbonyl (C=O) groups is 1. The Bertz CT molecular complexity index is 198. The van der Waals surface area contributed by atoms with Gasteiger partial charge in [0.05, 0.1) is 19.8 Å². The van der Waals surface area contributed by atoms with E-state index in [0.29, 0.717) is 6.54 Å². The van der Waals surface area contributed by atoms with Gasteiger partial charge >= 0.3 is 5.97 Å². The average molecular weight is 227 g/mol. The van der Waals surface area contributed by atoms with Crippen molar-refractivity contribution in [3.05, 3.63) is 0 Å². The van der Waals surface area contributed by atoms with Crippen molar-refractivity contribution >= 4 is 5.97 Å². The maximum atomic E-state index is 11.7. The first-order chi connectivity index (χ1) is 7.84. The van der Waals surface area contributed by atoms with Crippen molar-refractivity contribution in [2.75, 3.05) is 32.8 Å². The van der Waals surface area contributed by atoms with E-state index in [1.165, 1.54) is 19.3 Å². The van der Waals surface area contributed by atoms with Crippen molar-refractivity contribution in [3.63, 3.8) is 0 Å². The number of rotatable bonds is 3. The highest BCUT2D eigenvalue weighted by molar-refractivity contribution is 5.71. The van der Waals surface area contributed by atoms with Crippen molar-refractivity contribution in [3.8, 4) is 0 Å². The van der Waals surface area contributed by atoms with Crippen molar-refractivity contribution in [1.82, 2.24) is 4.90 Å². The van der Waals surface area contributed by atoms with Crippen LogP contribution in [-0.2, 0) is 14.3 Å². The summed E-state index contributed by atoms with van der Waals surface area (Å²) in [6.45, 7) is 3.59. The Kier molecular flexibility index (Phi) is 4.60. The summed E-state index contributed by atoms with van der Waals surface area (Å²) >= 11 is 0. The molecule has 4 nitrogen and oxygen atoms in total. The molecule has 0 amide bonds. The van der Waals surface area contributed by atoms with E-state index >= 15 is 0 Å². The number of nitrogens with zero attached hydrogens (tertiary/aromatic N) is 1. The highest BCUT2D eigenvalue weighted by atomic mass is 16.5. The van der Waals surface area contributed by atoms with E-state index in [1.54, 1.807) is 0 Å². The lowest BCUT2D eigenvalue weighted by molar-refractivity contribution is -0.152. The van der Waals surface area contributed by atoms with Crippen LogP contribution in [-0.4, -0.2) is 49.8 Å². The Morgan fingerprint density at radius 3 is 2.56 bits per heavy atom. The van der Waals surface area contributed by atoms with Crippen molar-refractivity contribution in [2.45, 2.75) is 38.2 Å². The third kappa shape index (κ3) is 3.76. The van der Waals surface area contributed by atoms with Gasteiger partial charge in [0.25, 0.3) is 0 Å². The Morgan fingerprint density at radius 1 is 1.19 bits per heavy atom. The minimum absolute atomic E-state index is 0.0613. The molecule has 0 unspecified atom stereocenters. The second-order valence-corrected chi connectivity index (χ2v) is 4.64. The molecule has 92 valence electrons. The van der Waals surface area contributed by atoms with Gasteiger partial charge in [-0.05, 0) is 25.7 Å². The van der Waals surface area contributed by atoms with Crippen LogP contribution in [0.5, 0.6) is 0 Å². The van der Waals surface area contributed by atoms with Crippen LogP contribution in [0.3, 0.4) is 0 Å². The molecule has 1 heterocycles. The van der Waals surface area contributed by atoms with Gasteiger partial charge < -0.3 is 9.47 Å². The summed E-state index contributed by atoms with van der Waals surface area (Å²) in [4.78, 5) is 13.8. The highest BCUT2D eigenvalue weighted by Crippen LogP contribution is 2.20. The number of carbonyl (C=O) groups excluding carboxylic acids is 1. The van der Waals surface area contributed by atoms with Gasteiger partial charge in [0.2, 0.25) is 0 Å². The molecule has 0 bridgehead atoms. The molecule has 2 rings (SSSR count). The largest absolute Gasteiger partial charge is 0.461 e. The van der Waals surface area contributed by atoms with E-state index in [9.17, 15) is 4.79 Å². The van der Waals surface area contributed by atoms with Gasteiger partial charge in [-0.3, -0.25) is 9.69 Å². The Balaban J connectivity index is 1.66. The zero-order valence-corrected chi connectivity index (χ0v) is 9.82. The number of hydrogen-bond acceptors (Lipinski definition) is 4. The van der Waals surface area contributed by atoms with Crippen LogP contribution in [0, 0.1) is 0 Å². The van der Waals surface area contributed by atoms with Crippen LogP contribution in [0.4, 0.5) is 0 Å². The predicted octanol–water partition coefficient (Wildman–Crippen LogP) is 1.19. The number of esters is 1. The van der Waals surface area contributed by atoms with E-state index in [4.69, 9.17) is 9.47 Å². The maximum Gasteiger partial charge on any atom is 0.320 e. The van der Waals surface area contributed by atoms with Gasteiger partial charge in [-0.15, -0.1) is 0 Å². The summed E-state index contributed by atoms with van der Waals surface area (Å²) in [7, 11) is 0. The van der Waals surface area contributed by atoms with Crippen LogP contribution in [0.15, 0.2) is 0 Å². The SMILES string of the molecule is O=C(CN1CCOCC1)OC1CCCCC1. The molecule has 0 aromatic carbocycles. The van der Waals surface area contributed by atoms with Crippen molar-refractivity contribution < 1.29 is 14.3 Å². The molecule has 1 aliphatic heterocycles. The molecule has 2 aliphatic rings. The van der Waals surface area contributed by atoms with Gasteiger partial charge in [0.15, 0.2) is 0 Å². The quantitative estimate of drug-likeness (QED) is 0.679. The summed E-state index contributed by atoms with van der Waals surface area (Å²) < 4.78 is 10.7. The third-order valence-corrected chi connectivity index (χ3v) is 3.31. The molecule has 0 aromatic heterocycles. The maximum absolute atomic E-state index is 11.7. The van der Waals surface area contributed by atoms with E-state index < -0.39 is 0 Å². The smallest absolute Gasteiger partial charge is 0.320 e. The first-order valence-electron chi connectivity index (χ1n) is 6.34. The third-order valence-electron chi connectivity index (χ3n) is 3.31. The van der Waals surface area contributed by atoms with Gasteiger partial charge in [-0.25, -0.2) is 0 Å². The van der Waals surface area contributed by atoms with Crippen LogP contribution < -0.4 is 0 Å². The van der Waals surface area contributed by atoms with E-state index in [2.05, 4.69) is 4.90 Å². The second-order valence-electron chi connectivity index (χ2n) is 4.64. The lowest BCUT2D eigenvalue weighted by Crippen LogP contribution is -2.40. The number of ether oxygens (including phenoxy) is 2. The molecule has 1 aliphatic carbocycles. The molecule has 0 spiro atoms. The molecule has 0 aromatic rings. The van der Waals surface area contributed by atoms with Crippen LogP contribution in [0.1, 0.15) is 32.1 Å². The fourth-order valence-corrected chi connectivity index (χ4v) is 2.35.